The fourth-order valence-corrected chi connectivity index (χ4v) is 6.41. The summed E-state index contributed by atoms with van der Waals surface area (Å²) in [5.41, 5.74) is 1.44. The Hall–Kier alpha value is -2.89. The number of anilines is 1. The summed E-state index contributed by atoms with van der Waals surface area (Å²) in [6.45, 7) is 1.89. The van der Waals surface area contributed by atoms with Crippen molar-refractivity contribution in [3.63, 3.8) is 0 Å². The molecule has 1 aromatic carbocycles. The fourth-order valence-electron chi connectivity index (χ4n) is 6.41. The van der Waals surface area contributed by atoms with E-state index in [1.54, 1.807) is 24.3 Å². The van der Waals surface area contributed by atoms with E-state index in [0.717, 1.165) is 44.2 Å². The van der Waals surface area contributed by atoms with E-state index in [1.807, 2.05) is 25.1 Å². The summed E-state index contributed by atoms with van der Waals surface area (Å²) in [4.78, 5) is 30.4. The van der Waals surface area contributed by atoms with E-state index in [9.17, 15) is 14.7 Å². The zero-order valence-corrected chi connectivity index (χ0v) is 17.8. The molecule has 1 heterocycles. The van der Waals surface area contributed by atoms with E-state index in [4.69, 9.17) is 0 Å². The van der Waals surface area contributed by atoms with Crippen LogP contribution in [-0.4, -0.2) is 27.9 Å². The van der Waals surface area contributed by atoms with Gasteiger partial charge in [-0.3, -0.25) is 9.59 Å². The molecule has 3 bridgehead atoms. The number of hydrogen-bond acceptors (Lipinski definition) is 4. The van der Waals surface area contributed by atoms with Crippen LogP contribution in [0.1, 0.15) is 54.7 Å². The third-order valence-corrected chi connectivity index (χ3v) is 7.58. The second-order valence-corrected chi connectivity index (χ2v) is 9.79. The molecule has 5 atom stereocenters. The normalized spacial score (nSPS) is 31.1. The maximum Gasteiger partial charge on any atom is 0.270 e. The van der Waals surface area contributed by atoms with Crippen LogP contribution >= 0.6 is 0 Å². The lowest BCUT2D eigenvalue weighted by molar-refractivity contribution is -0.127. The minimum Gasteiger partial charge on any atom is -0.506 e. The molecule has 3 aliphatic carbocycles. The highest BCUT2D eigenvalue weighted by Crippen LogP contribution is 2.60. The van der Waals surface area contributed by atoms with Gasteiger partial charge in [-0.2, -0.15) is 0 Å². The Kier molecular flexibility index (Phi) is 4.95. The smallest absolute Gasteiger partial charge is 0.270 e. The summed E-state index contributed by atoms with van der Waals surface area (Å²) in [5.74, 6) is 1.44. The standard InChI is InChI=1S/C25H29N3O3/c1-15-5-4-7-21(26-15)23(30)27-19-10-16-9-17-13-25(12-16,14-18(17)11-19)24(31)28-20-6-2-3-8-22(20)29/h2-8,16-19,29H,9-14H2,1H3,(H,27,30)(H,28,31). The Bertz CT molecular complexity index is 1020. The van der Waals surface area contributed by atoms with Crippen molar-refractivity contribution >= 4 is 17.5 Å². The fraction of sp³-hybridized carbons (Fsp3) is 0.480. The van der Waals surface area contributed by atoms with Crippen molar-refractivity contribution in [3.8, 4) is 5.75 Å². The Morgan fingerprint density at radius 1 is 1.00 bits per heavy atom. The minimum absolute atomic E-state index is 0.0395. The van der Waals surface area contributed by atoms with Crippen molar-refractivity contribution in [1.82, 2.24) is 10.3 Å². The number of rotatable bonds is 4. The quantitative estimate of drug-likeness (QED) is 0.652. The predicted molar refractivity (Wildman–Crippen MR) is 118 cm³/mol. The number of aryl methyl sites for hydroxylation is 1. The molecule has 2 aromatic rings. The SMILES string of the molecule is Cc1cccc(C(=O)NC2CC3CC4CC(C(=O)Nc5ccccc5O)(C3)CC4C2)n1. The van der Waals surface area contributed by atoms with Gasteiger partial charge in [0.25, 0.3) is 5.91 Å². The zero-order chi connectivity index (χ0) is 21.6. The maximum absolute atomic E-state index is 13.3. The molecule has 31 heavy (non-hydrogen) atoms. The van der Waals surface area contributed by atoms with E-state index in [0.29, 0.717) is 29.1 Å². The van der Waals surface area contributed by atoms with Crippen LogP contribution in [0.5, 0.6) is 5.75 Å². The molecule has 3 N–H and O–H groups in total. The van der Waals surface area contributed by atoms with Crippen molar-refractivity contribution in [1.29, 1.82) is 0 Å². The van der Waals surface area contributed by atoms with E-state index < -0.39 is 0 Å². The number of amides is 2. The highest BCUT2D eigenvalue weighted by molar-refractivity contribution is 5.97. The summed E-state index contributed by atoms with van der Waals surface area (Å²) < 4.78 is 0. The number of benzene rings is 1. The second-order valence-electron chi connectivity index (χ2n) is 9.79. The number of nitrogens with zero attached hydrogens (tertiary/aromatic N) is 1. The average Bonchev–Trinajstić information content (AvgIpc) is 2.93. The molecular formula is C25H29N3O3. The molecule has 1 aromatic heterocycles. The van der Waals surface area contributed by atoms with Crippen LogP contribution in [0.15, 0.2) is 42.5 Å². The number of nitrogens with one attached hydrogen (secondary N) is 2. The molecule has 0 spiro atoms. The molecule has 6 heteroatoms. The number of phenolic OH excluding ortho intramolecular Hbond substituents is 1. The van der Waals surface area contributed by atoms with Crippen molar-refractivity contribution in [2.75, 3.05) is 5.32 Å². The van der Waals surface area contributed by atoms with Crippen LogP contribution < -0.4 is 10.6 Å². The van der Waals surface area contributed by atoms with Crippen LogP contribution in [0.2, 0.25) is 0 Å². The number of para-hydroxylation sites is 2. The Morgan fingerprint density at radius 2 is 1.77 bits per heavy atom. The lowest BCUT2D eigenvalue weighted by Gasteiger charge is -2.37. The van der Waals surface area contributed by atoms with Gasteiger partial charge in [-0.1, -0.05) is 18.2 Å². The Labute approximate surface area is 182 Å². The molecule has 3 fully saturated rings. The average molecular weight is 420 g/mol. The number of carbonyl (C=O) groups excluding carboxylic acids is 2. The highest BCUT2D eigenvalue weighted by Gasteiger charge is 2.56. The molecule has 0 aliphatic heterocycles. The zero-order valence-electron chi connectivity index (χ0n) is 17.8. The van der Waals surface area contributed by atoms with E-state index in [-0.39, 0.29) is 29.0 Å². The van der Waals surface area contributed by atoms with Gasteiger partial charge < -0.3 is 15.7 Å². The van der Waals surface area contributed by atoms with Gasteiger partial charge in [0.05, 0.1) is 11.1 Å². The first-order chi connectivity index (χ1) is 14.9. The lowest BCUT2D eigenvalue weighted by atomic mass is 9.68. The van der Waals surface area contributed by atoms with Crippen molar-refractivity contribution in [2.45, 2.75) is 51.5 Å². The van der Waals surface area contributed by atoms with Gasteiger partial charge in [0, 0.05) is 11.7 Å². The first kappa shape index (κ1) is 20.0. The number of aromatic hydroxyl groups is 1. The number of hydrogen-bond donors (Lipinski definition) is 3. The molecule has 0 radical (unpaired) electrons. The summed E-state index contributed by atoms with van der Waals surface area (Å²) in [5, 5.41) is 16.3. The minimum atomic E-state index is -0.354. The first-order valence-electron chi connectivity index (χ1n) is 11.3. The lowest BCUT2D eigenvalue weighted by Crippen LogP contribution is -2.42. The van der Waals surface area contributed by atoms with Crippen LogP contribution in [0.4, 0.5) is 5.69 Å². The second kappa shape index (κ2) is 7.66. The third kappa shape index (κ3) is 3.80. The number of pyridine rings is 1. The van der Waals surface area contributed by atoms with Crippen LogP contribution in [-0.2, 0) is 4.79 Å². The molecule has 6 nitrogen and oxygen atoms in total. The van der Waals surface area contributed by atoms with Crippen molar-refractivity contribution in [3.05, 3.63) is 53.9 Å². The topological polar surface area (TPSA) is 91.3 Å². The summed E-state index contributed by atoms with van der Waals surface area (Å²) >= 11 is 0. The van der Waals surface area contributed by atoms with Crippen molar-refractivity contribution < 1.29 is 14.7 Å². The molecule has 5 unspecified atom stereocenters. The van der Waals surface area contributed by atoms with Crippen LogP contribution in [0, 0.1) is 30.1 Å². The highest BCUT2D eigenvalue weighted by atomic mass is 16.3. The van der Waals surface area contributed by atoms with E-state index >= 15 is 0 Å². The molecular weight excluding hydrogens is 390 g/mol. The summed E-state index contributed by atoms with van der Waals surface area (Å²) in [7, 11) is 0. The van der Waals surface area contributed by atoms with Gasteiger partial charge in [0.1, 0.15) is 11.4 Å². The molecule has 5 rings (SSSR count). The van der Waals surface area contributed by atoms with Crippen LogP contribution in [0.3, 0.4) is 0 Å². The number of carbonyl (C=O) groups is 2. The Morgan fingerprint density at radius 3 is 2.55 bits per heavy atom. The van der Waals surface area contributed by atoms with Gasteiger partial charge in [-0.25, -0.2) is 4.98 Å². The van der Waals surface area contributed by atoms with Crippen LogP contribution in [0.25, 0.3) is 0 Å². The summed E-state index contributed by atoms with van der Waals surface area (Å²) in [6, 6.07) is 12.5. The number of aromatic nitrogens is 1. The first-order valence-corrected chi connectivity index (χ1v) is 11.3. The largest absolute Gasteiger partial charge is 0.506 e. The monoisotopic (exact) mass is 419 g/mol. The molecule has 162 valence electrons. The van der Waals surface area contributed by atoms with Gasteiger partial charge in [0.15, 0.2) is 0 Å². The number of fused-ring (bicyclic) bond motifs is 2. The molecule has 3 aliphatic rings. The molecule has 3 saturated carbocycles. The summed E-state index contributed by atoms with van der Waals surface area (Å²) in [6.07, 6.45) is 5.61. The van der Waals surface area contributed by atoms with Gasteiger partial charge in [0.2, 0.25) is 5.91 Å². The Balaban J connectivity index is 1.29. The molecule has 0 saturated heterocycles. The maximum atomic E-state index is 13.3. The van der Waals surface area contributed by atoms with Crippen molar-refractivity contribution in [2.24, 2.45) is 23.2 Å². The molecule has 2 amide bonds. The van der Waals surface area contributed by atoms with Gasteiger partial charge >= 0.3 is 0 Å². The third-order valence-electron chi connectivity index (χ3n) is 7.58. The predicted octanol–water partition coefficient (Wildman–Crippen LogP) is 4.05. The number of phenols is 1. The van der Waals surface area contributed by atoms with Gasteiger partial charge in [-0.05, 0) is 87.5 Å². The van der Waals surface area contributed by atoms with E-state index in [1.165, 1.54) is 0 Å². The van der Waals surface area contributed by atoms with E-state index in [2.05, 4.69) is 15.6 Å². The van der Waals surface area contributed by atoms with Gasteiger partial charge in [-0.15, -0.1) is 0 Å².